The van der Waals surface area contributed by atoms with E-state index < -0.39 is 5.97 Å². The number of carboxylic acids is 1. The average Bonchev–Trinajstić information content (AvgIpc) is 3.33. The van der Waals surface area contributed by atoms with Crippen LogP contribution in [0.15, 0.2) is 52.9 Å². The number of aliphatic carboxylic acids is 1. The molecule has 1 aromatic heterocycles. The maximum absolute atomic E-state index is 12.8. The van der Waals surface area contributed by atoms with Crippen LogP contribution >= 0.6 is 0 Å². The first-order chi connectivity index (χ1) is 16.1. The Labute approximate surface area is 192 Å². The molecular formula is C27H26N2O4. The Hall–Kier alpha value is -3.80. The van der Waals surface area contributed by atoms with Crippen LogP contribution in [0.4, 0.5) is 11.4 Å². The van der Waals surface area contributed by atoms with Crippen LogP contribution in [0, 0.1) is 0 Å². The highest BCUT2D eigenvalue weighted by molar-refractivity contribution is 6.34. The summed E-state index contributed by atoms with van der Waals surface area (Å²) in [7, 11) is 0. The van der Waals surface area contributed by atoms with E-state index in [2.05, 4.69) is 10.6 Å². The molecule has 0 fully saturated rings. The number of amides is 1. The van der Waals surface area contributed by atoms with Gasteiger partial charge in [0.15, 0.2) is 0 Å². The van der Waals surface area contributed by atoms with Gasteiger partial charge in [0.2, 0.25) is 0 Å². The molecule has 1 amide bonds. The normalized spacial score (nSPS) is 15.8. The number of fused-ring (bicyclic) bond motifs is 2. The number of hydrogen-bond donors (Lipinski definition) is 3. The first-order valence-electron chi connectivity index (χ1n) is 11.4. The number of anilines is 2. The molecule has 6 heteroatoms. The molecule has 1 aliphatic carbocycles. The fourth-order valence-electron chi connectivity index (χ4n) is 4.63. The molecule has 0 radical (unpaired) electrons. The summed E-state index contributed by atoms with van der Waals surface area (Å²) in [6, 6.07) is 15.7. The van der Waals surface area contributed by atoms with Crippen molar-refractivity contribution in [3.8, 4) is 0 Å². The number of benzene rings is 2. The van der Waals surface area contributed by atoms with Crippen molar-refractivity contribution in [1.29, 1.82) is 0 Å². The number of aryl methyl sites for hydroxylation is 2. The minimum Gasteiger partial charge on any atom is -0.481 e. The largest absolute Gasteiger partial charge is 0.481 e. The standard InChI is InChI=1S/C27H26N2O4/c30-26(31)13-11-17-10-12-23-20(14-17)21(27(32)29-23)15-25-22(16-28-18-6-2-1-3-7-18)19-8-4-5-9-24(19)33-25/h1-3,6-7,10,12,14-15,28H,4-5,8-9,11,13,16H2,(H,29,32)(H,30,31). The van der Waals surface area contributed by atoms with Gasteiger partial charge in [0.25, 0.3) is 5.91 Å². The first-order valence-corrected chi connectivity index (χ1v) is 11.4. The second-order valence-corrected chi connectivity index (χ2v) is 8.56. The van der Waals surface area contributed by atoms with Crippen LogP contribution in [0.2, 0.25) is 0 Å². The van der Waals surface area contributed by atoms with E-state index in [-0.39, 0.29) is 12.3 Å². The lowest BCUT2D eigenvalue weighted by Gasteiger charge is -2.12. The lowest BCUT2D eigenvalue weighted by molar-refractivity contribution is -0.137. The van der Waals surface area contributed by atoms with Gasteiger partial charge in [0.05, 0.1) is 5.57 Å². The lowest BCUT2D eigenvalue weighted by atomic mass is 9.94. The van der Waals surface area contributed by atoms with Crippen molar-refractivity contribution < 1.29 is 19.1 Å². The summed E-state index contributed by atoms with van der Waals surface area (Å²) in [6.07, 6.45) is 6.47. The maximum Gasteiger partial charge on any atom is 0.303 e. The van der Waals surface area contributed by atoms with Gasteiger partial charge in [0, 0.05) is 41.9 Å². The third kappa shape index (κ3) is 4.42. The summed E-state index contributed by atoms with van der Waals surface area (Å²) in [4.78, 5) is 23.8. The summed E-state index contributed by atoms with van der Waals surface area (Å²) < 4.78 is 6.29. The molecule has 0 bridgehead atoms. The molecule has 0 atom stereocenters. The highest BCUT2D eigenvalue weighted by atomic mass is 16.4. The number of nitrogens with one attached hydrogen (secondary N) is 2. The maximum atomic E-state index is 12.8. The fraction of sp³-hybridized carbons (Fsp3) is 0.259. The molecule has 33 heavy (non-hydrogen) atoms. The summed E-state index contributed by atoms with van der Waals surface area (Å²) >= 11 is 0. The minimum absolute atomic E-state index is 0.0550. The fourth-order valence-corrected chi connectivity index (χ4v) is 4.63. The molecule has 0 unspecified atom stereocenters. The zero-order chi connectivity index (χ0) is 22.8. The van der Waals surface area contributed by atoms with Gasteiger partial charge in [-0.1, -0.05) is 24.3 Å². The van der Waals surface area contributed by atoms with Crippen molar-refractivity contribution in [2.24, 2.45) is 0 Å². The second kappa shape index (κ2) is 8.98. The third-order valence-electron chi connectivity index (χ3n) is 6.33. The van der Waals surface area contributed by atoms with E-state index in [0.717, 1.165) is 65.3 Å². The Bertz CT molecular complexity index is 1240. The molecular weight excluding hydrogens is 416 g/mol. The molecule has 0 saturated carbocycles. The van der Waals surface area contributed by atoms with Crippen LogP contribution in [0.3, 0.4) is 0 Å². The number of carbonyl (C=O) groups is 2. The molecule has 168 valence electrons. The van der Waals surface area contributed by atoms with E-state index in [1.807, 2.05) is 54.6 Å². The molecule has 5 rings (SSSR count). The molecule has 1 aliphatic heterocycles. The highest BCUT2D eigenvalue weighted by Crippen LogP contribution is 2.37. The van der Waals surface area contributed by atoms with E-state index in [4.69, 9.17) is 9.52 Å². The van der Waals surface area contributed by atoms with E-state index in [1.165, 1.54) is 5.56 Å². The van der Waals surface area contributed by atoms with E-state index in [1.54, 1.807) is 0 Å². The summed E-state index contributed by atoms with van der Waals surface area (Å²) in [5.74, 6) is 0.736. The minimum atomic E-state index is -0.836. The lowest BCUT2D eigenvalue weighted by Crippen LogP contribution is -2.06. The Balaban J connectivity index is 1.50. The zero-order valence-corrected chi connectivity index (χ0v) is 18.3. The molecule has 2 heterocycles. The average molecular weight is 443 g/mol. The van der Waals surface area contributed by atoms with E-state index >= 15 is 0 Å². The molecule has 3 N–H and O–H groups in total. The SMILES string of the molecule is O=C(O)CCc1ccc2c(c1)C(=Cc1oc3c(c1CNc1ccccc1)CCCC3)C(=O)N2. The van der Waals surface area contributed by atoms with Crippen molar-refractivity contribution in [2.75, 3.05) is 10.6 Å². The zero-order valence-electron chi connectivity index (χ0n) is 18.3. The van der Waals surface area contributed by atoms with Gasteiger partial charge < -0.3 is 20.2 Å². The molecule has 3 aromatic rings. The number of para-hydroxylation sites is 1. The first kappa shape index (κ1) is 21.1. The molecule has 2 aliphatic rings. The molecule has 6 nitrogen and oxygen atoms in total. The predicted octanol–water partition coefficient (Wildman–Crippen LogP) is 5.28. The van der Waals surface area contributed by atoms with Crippen molar-refractivity contribution in [3.05, 3.63) is 82.3 Å². The quantitative estimate of drug-likeness (QED) is 0.433. The number of carbonyl (C=O) groups excluding carboxylic acids is 1. The number of rotatable bonds is 7. The second-order valence-electron chi connectivity index (χ2n) is 8.56. The van der Waals surface area contributed by atoms with Gasteiger partial charge in [-0.05, 0) is 67.2 Å². The van der Waals surface area contributed by atoms with Crippen LogP contribution in [0.25, 0.3) is 11.6 Å². The Kier molecular flexibility index (Phi) is 5.73. The van der Waals surface area contributed by atoms with Crippen LogP contribution in [0.5, 0.6) is 0 Å². The molecule has 2 aromatic carbocycles. The van der Waals surface area contributed by atoms with Gasteiger partial charge in [-0.15, -0.1) is 0 Å². The van der Waals surface area contributed by atoms with Crippen molar-refractivity contribution in [1.82, 2.24) is 0 Å². The summed E-state index contributed by atoms with van der Waals surface area (Å²) in [5, 5.41) is 15.4. The monoisotopic (exact) mass is 442 g/mol. The predicted molar refractivity (Wildman–Crippen MR) is 128 cm³/mol. The highest BCUT2D eigenvalue weighted by Gasteiger charge is 2.27. The van der Waals surface area contributed by atoms with Gasteiger partial charge >= 0.3 is 5.97 Å². The molecule has 0 saturated heterocycles. The summed E-state index contributed by atoms with van der Waals surface area (Å²) in [5.41, 5.74) is 6.37. The van der Waals surface area contributed by atoms with Crippen molar-refractivity contribution >= 4 is 34.9 Å². The molecule has 0 spiro atoms. The number of carboxylic acid groups (broad SMARTS) is 1. The van der Waals surface area contributed by atoms with Crippen LogP contribution in [-0.2, 0) is 35.4 Å². The van der Waals surface area contributed by atoms with Gasteiger partial charge in [-0.3, -0.25) is 9.59 Å². The Morgan fingerprint density at radius 1 is 1.12 bits per heavy atom. The third-order valence-corrected chi connectivity index (χ3v) is 6.33. The van der Waals surface area contributed by atoms with Gasteiger partial charge in [-0.25, -0.2) is 0 Å². The van der Waals surface area contributed by atoms with Crippen LogP contribution < -0.4 is 10.6 Å². The van der Waals surface area contributed by atoms with E-state index in [0.29, 0.717) is 18.5 Å². The Morgan fingerprint density at radius 2 is 1.94 bits per heavy atom. The van der Waals surface area contributed by atoms with Crippen molar-refractivity contribution in [2.45, 2.75) is 45.1 Å². The van der Waals surface area contributed by atoms with Gasteiger partial charge in [0.1, 0.15) is 11.5 Å². The summed E-state index contributed by atoms with van der Waals surface area (Å²) in [6.45, 7) is 0.620. The van der Waals surface area contributed by atoms with Gasteiger partial charge in [-0.2, -0.15) is 0 Å². The number of hydrogen-bond acceptors (Lipinski definition) is 4. The van der Waals surface area contributed by atoms with E-state index in [9.17, 15) is 9.59 Å². The van der Waals surface area contributed by atoms with Crippen LogP contribution in [-0.4, -0.2) is 17.0 Å². The topological polar surface area (TPSA) is 91.6 Å². The smallest absolute Gasteiger partial charge is 0.303 e. The van der Waals surface area contributed by atoms with Crippen LogP contribution in [0.1, 0.15) is 53.0 Å². The van der Waals surface area contributed by atoms with Crippen molar-refractivity contribution in [3.63, 3.8) is 0 Å². The Morgan fingerprint density at radius 3 is 2.76 bits per heavy atom. The number of furan rings is 1.